The van der Waals surface area contributed by atoms with Crippen LogP contribution in [0.15, 0.2) is 18.5 Å². The lowest BCUT2D eigenvalue weighted by molar-refractivity contribution is 0.244. The van der Waals surface area contributed by atoms with Crippen LogP contribution in [0.3, 0.4) is 0 Å². The van der Waals surface area contributed by atoms with E-state index in [4.69, 9.17) is 0 Å². The highest BCUT2D eigenvalue weighted by Crippen LogP contribution is 2.18. The molecule has 1 fully saturated rings. The smallest absolute Gasteiger partial charge is 0.319 e. The van der Waals surface area contributed by atoms with Gasteiger partial charge >= 0.3 is 6.03 Å². The highest BCUT2D eigenvalue weighted by molar-refractivity contribution is 5.90. The Bertz CT molecular complexity index is 386. The van der Waals surface area contributed by atoms with Gasteiger partial charge in [0.1, 0.15) is 0 Å². The standard InChI is InChI=1S/C13H19N3O/c1-10-9-14-8-7-12(10)16-13(17)15-11-5-3-2-4-6-11/h7-9,11H,2-6H2,1H3,(H2,14,15,16,17). The number of hydrogen-bond acceptors (Lipinski definition) is 2. The summed E-state index contributed by atoms with van der Waals surface area (Å²) in [5.41, 5.74) is 1.81. The molecule has 0 radical (unpaired) electrons. The number of nitrogens with one attached hydrogen (secondary N) is 2. The van der Waals surface area contributed by atoms with Crippen LogP contribution < -0.4 is 10.6 Å². The van der Waals surface area contributed by atoms with Gasteiger partial charge in [0.05, 0.1) is 0 Å². The Morgan fingerprint density at radius 1 is 1.35 bits per heavy atom. The van der Waals surface area contributed by atoms with E-state index in [1.807, 2.05) is 13.0 Å². The van der Waals surface area contributed by atoms with Crippen LogP contribution in [0.5, 0.6) is 0 Å². The van der Waals surface area contributed by atoms with Crippen molar-refractivity contribution in [1.82, 2.24) is 10.3 Å². The molecule has 4 heteroatoms. The maximum absolute atomic E-state index is 11.8. The molecule has 0 aliphatic heterocycles. The van der Waals surface area contributed by atoms with Crippen molar-refractivity contribution in [2.45, 2.75) is 45.1 Å². The number of urea groups is 1. The average molecular weight is 233 g/mol. The summed E-state index contributed by atoms with van der Waals surface area (Å²) >= 11 is 0. The van der Waals surface area contributed by atoms with Crippen LogP contribution in [-0.2, 0) is 0 Å². The largest absolute Gasteiger partial charge is 0.335 e. The Labute approximate surface area is 102 Å². The molecule has 2 rings (SSSR count). The third kappa shape index (κ3) is 3.44. The molecule has 1 aliphatic rings. The van der Waals surface area contributed by atoms with E-state index in [1.54, 1.807) is 12.4 Å². The first kappa shape index (κ1) is 11.9. The molecule has 1 aromatic heterocycles. The molecule has 0 aromatic carbocycles. The molecule has 0 saturated heterocycles. The topological polar surface area (TPSA) is 54.0 Å². The number of carbonyl (C=O) groups is 1. The van der Waals surface area contributed by atoms with E-state index in [1.165, 1.54) is 19.3 Å². The zero-order valence-corrected chi connectivity index (χ0v) is 10.2. The molecule has 2 N–H and O–H groups in total. The summed E-state index contributed by atoms with van der Waals surface area (Å²) in [6.07, 6.45) is 9.37. The van der Waals surface area contributed by atoms with Crippen molar-refractivity contribution in [2.24, 2.45) is 0 Å². The minimum Gasteiger partial charge on any atom is -0.335 e. The first-order valence-corrected chi connectivity index (χ1v) is 6.24. The first-order chi connectivity index (χ1) is 8.25. The molecular formula is C13H19N3O. The molecule has 0 unspecified atom stereocenters. The SMILES string of the molecule is Cc1cnccc1NC(=O)NC1CCCCC1. The van der Waals surface area contributed by atoms with Crippen LogP contribution in [0.25, 0.3) is 0 Å². The van der Waals surface area contributed by atoms with E-state index in [0.29, 0.717) is 6.04 Å². The number of rotatable bonds is 2. The second-order valence-corrected chi connectivity index (χ2v) is 4.62. The minimum absolute atomic E-state index is 0.105. The second kappa shape index (κ2) is 5.66. The van der Waals surface area contributed by atoms with Crippen molar-refractivity contribution in [3.05, 3.63) is 24.0 Å². The molecule has 17 heavy (non-hydrogen) atoms. The van der Waals surface area contributed by atoms with Crippen LogP contribution in [-0.4, -0.2) is 17.1 Å². The summed E-state index contributed by atoms with van der Waals surface area (Å²) in [6, 6.07) is 2.05. The zero-order chi connectivity index (χ0) is 12.1. The summed E-state index contributed by atoms with van der Waals surface area (Å²) < 4.78 is 0. The maximum Gasteiger partial charge on any atom is 0.319 e. The molecule has 1 saturated carbocycles. The molecule has 0 spiro atoms. The first-order valence-electron chi connectivity index (χ1n) is 6.24. The summed E-state index contributed by atoms with van der Waals surface area (Å²) in [5.74, 6) is 0. The van der Waals surface area contributed by atoms with Crippen molar-refractivity contribution in [3.8, 4) is 0 Å². The lowest BCUT2D eigenvalue weighted by Gasteiger charge is -2.23. The van der Waals surface area contributed by atoms with Crippen molar-refractivity contribution in [2.75, 3.05) is 5.32 Å². The number of aryl methyl sites for hydroxylation is 1. The summed E-state index contributed by atoms with van der Waals surface area (Å²) in [5, 5.41) is 5.89. The van der Waals surface area contributed by atoms with Crippen molar-refractivity contribution in [1.29, 1.82) is 0 Å². The van der Waals surface area contributed by atoms with Gasteiger partial charge in [0, 0.05) is 24.1 Å². The summed E-state index contributed by atoms with van der Waals surface area (Å²) in [7, 11) is 0. The number of aromatic nitrogens is 1. The van der Waals surface area contributed by atoms with E-state index in [-0.39, 0.29) is 6.03 Å². The van der Waals surface area contributed by atoms with Crippen molar-refractivity contribution >= 4 is 11.7 Å². The van der Waals surface area contributed by atoms with Gasteiger partial charge in [0.2, 0.25) is 0 Å². The number of pyridine rings is 1. The van der Waals surface area contributed by atoms with Gasteiger partial charge in [-0.2, -0.15) is 0 Å². The number of carbonyl (C=O) groups excluding carboxylic acids is 1. The Hall–Kier alpha value is -1.58. The van der Waals surface area contributed by atoms with Crippen LogP contribution in [0, 0.1) is 6.92 Å². The quantitative estimate of drug-likeness (QED) is 0.825. The number of anilines is 1. The monoisotopic (exact) mass is 233 g/mol. The number of amides is 2. The zero-order valence-electron chi connectivity index (χ0n) is 10.2. The Morgan fingerprint density at radius 3 is 2.82 bits per heavy atom. The van der Waals surface area contributed by atoms with E-state index in [9.17, 15) is 4.79 Å². The van der Waals surface area contributed by atoms with E-state index in [0.717, 1.165) is 24.1 Å². The van der Waals surface area contributed by atoms with Crippen LogP contribution in [0.4, 0.5) is 10.5 Å². The molecule has 0 atom stereocenters. The lowest BCUT2D eigenvalue weighted by Crippen LogP contribution is -2.39. The molecule has 4 nitrogen and oxygen atoms in total. The summed E-state index contributed by atoms with van der Waals surface area (Å²) in [6.45, 7) is 1.93. The van der Waals surface area contributed by atoms with E-state index in [2.05, 4.69) is 15.6 Å². The van der Waals surface area contributed by atoms with Crippen LogP contribution in [0.1, 0.15) is 37.7 Å². The maximum atomic E-state index is 11.8. The van der Waals surface area contributed by atoms with Gasteiger partial charge in [-0.05, 0) is 31.4 Å². The highest BCUT2D eigenvalue weighted by atomic mass is 16.2. The minimum atomic E-state index is -0.105. The van der Waals surface area contributed by atoms with Gasteiger partial charge in [0.25, 0.3) is 0 Å². The van der Waals surface area contributed by atoms with E-state index < -0.39 is 0 Å². The molecule has 1 aromatic rings. The Balaban J connectivity index is 1.86. The average Bonchev–Trinajstić information content (AvgIpc) is 2.33. The van der Waals surface area contributed by atoms with Crippen molar-refractivity contribution in [3.63, 3.8) is 0 Å². The van der Waals surface area contributed by atoms with Crippen LogP contribution in [0.2, 0.25) is 0 Å². The molecule has 1 heterocycles. The van der Waals surface area contributed by atoms with Gasteiger partial charge < -0.3 is 10.6 Å². The number of nitrogens with zero attached hydrogens (tertiary/aromatic N) is 1. The van der Waals surface area contributed by atoms with Crippen LogP contribution >= 0.6 is 0 Å². The molecule has 92 valence electrons. The van der Waals surface area contributed by atoms with Gasteiger partial charge in [-0.25, -0.2) is 4.79 Å². The molecule has 2 amide bonds. The summed E-state index contributed by atoms with van der Waals surface area (Å²) in [4.78, 5) is 15.8. The van der Waals surface area contributed by atoms with Gasteiger partial charge in [-0.1, -0.05) is 19.3 Å². The fourth-order valence-corrected chi connectivity index (χ4v) is 2.20. The third-order valence-corrected chi connectivity index (χ3v) is 3.21. The Kier molecular flexibility index (Phi) is 3.96. The van der Waals surface area contributed by atoms with E-state index >= 15 is 0 Å². The number of hydrogen-bond donors (Lipinski definition) is 2. The molecule has 0 bridgehead atoms. The predicted molar refractivity (Wildman–Crippen MR) is 68.0 cm³/mol. The fourth-order valence-electron chi connectivity index (χ4n) is 2.20. The van der Waals surface area contributed by atoms with Gasteiger partial charge in [-0.3, -0.25) is 4.98 Å². The molecular weight excluding hydrogens is 214 g/mol. The lowest BCUT2D eigenvalue weighted by atomic mass is 9.96. The van der Waals surface area contributed by atoms with Gasteiger partial charge in [-0.15, -0.1) is 0 Å². The second-order valence-electron chi connectivity index (χ2n) is 4.62. The highest BCUT2D eigenvalue weighted by Gasteiger charge is 2.15. The third-order valence-electron chi connectivity index (χ3n) is 3.21. The Morgan fingerprint density at radius 2 is 2.12 bits per heavy atom. The van der Waals surface area contributed by atoms with Gasteiger partial charge in [0.15, 0.2) is 0 Å². The predicted octanol–water partition coefficient (Wildman–Crippen LogP) is 2.84. The molecule has 1 aliphatic carbocycles. The normalized spacial score (nSPS) is 16.5. The fraction of sp³-hybridized carbons (Fsp3) is 0.538. The van der Waals surface area contributed by atoms with Crippen molar-refractivity contribution < 1.29 is 4.79 Å².